The Labute approximate surface area is 240 Å². The molecule has 2 amide bonds. The van der Waals surface area contributed by atoms with Gasteiger partial charge in [-0.25, -0.2) is 0 Å². The van der Waals surface area contributed by atoms with Gasteiger partial charge >= 0.3 is 0 Å². The molecule has 0 bridgehead atoms. The quantitative estimate of drug-likeness (QED) is 0.258. The number of ether oxygens (including phenoxy) is 2. The van der Waals surface area contributed by atoms with Gasteiger partial charge < -0.3 is 20.1 Å². The second-order valence-corrected chi connectivity index (χ2v) is 11.3. The molecule has 0 unspecified atom stereocenters. The van der Waals surface area contributed by atoms with Crippen LogP contribution in [0.2, 0.25) is 0 Å². The van der Waals surface area contributed by atoms with Crippen LogP contribution < -0.4 is 20.1 Å². The van der Waals surface area contributed by atoms with E-state index < -0.39 is 0 Å². The molecular formula is C32H24N2O4S2. The highest BCUT2D eigenvalue weighted by Gasteiger charge is 2.40. The van der Waals surface area contributed by atoms with Crippen molar-refractivity contribution < 1.29 is 19.1 Å². The number of rotatable bonds is 8. The third-order valence-corrected chi connectivity index (χ3v) is 8.59. The highest BCUT2D eigenvalue weighted by Crippen LogP contribution is 2.39. The van der Waals surface area contributed by atoms with Crippen LogP contribution >= 0.6 is 23.5 Å². The van der Waals surface area contributed by atoms with Gasteiger partial charge in [0.05, 0.1) is 36.8 Å². The number of amides is 2. The maximum atomic E-state index is 13.1. The van der Waals surface area contributed by atoms with Crippen LogP contribution in [0.3, 0.4) is 0 Å². The SMILES string of the molecule is COc1ccc(Sc2ccc(C3=C4C(=O)NC(c5ccc(Sc6ccc(OC)cc6)cc5)=C4C(=O)N3)cc2)cc1. The first-order valence-electron chi connectivity index (χ1n) is 12.5. The minimum atomic E-state index is -0.285. The minimum Gasteiger partial charge on any atom is -0.497 e. The van der Waals surface area contributed by atoms with E-state index in [2.05, 4.69) is 10.6 Å². The molecule has 6 rings (SSSR count). The topological polar surface area (TPSA) is 76.7 Å². The summed E-state index contributed by atoms with van der Waals surface area (Å²) in [5.74, 6) is 1.05. The predicted octanol–water partition coefficient (Wildman–Crippen LogP) is 6.39. The molecule has 0 aromatic heterocycles. The number of carbonyl (C=O) groups is 2. The summed E-state index contributed by atoms with van der Waals surface area (Å²) in [6, 6.07) is 31.4. The molecule has 40 heavy (non-hydrogen) atoms. The Kier molecular flexibility index (Phi) is 7.11. The number of nitrogens with one attached hydrogen (secondary N) is 2. The second-order valence-electron chi connectivity index (χ2n) is 9.01. The normalized spacial score (nSPS) is 14.2. The zero-order valence-electron chi connectivity index (χ0n) is 21.7. The van der Waals surface area contributed by atoms with Crippen molar-refractivity contribution in [3.05, 3.63) is 119 Å². The van der Waals surface area contributed by atoms with Gasteiger partial charge in [-0.05, 0) is 83.9 Å². The molecule has 0 saturated heterocycles. The van der Waals surface area contributed by atoms with Gasteiger partial charge in [0.25, 0.3) is 11.8 Å². The lowest BCUT2D eigenvalue weighted by Gasteiger charge is -2.09. The Morgan fingerprint density at radius 3 is 1.07 bits per heavy atom. The van der Waals surface area contributed by atoms with Crippen LogP contribution in [0.4, 0.5) is 0 Å². The molecule has 0 saturated carbocycles. The molecule has 0 atom stereocenters. The van der Waals surface area contributed by atoms with E-state index in [0.29, 0.717) is 22.5 Å². The van der Waals surface area contributed by atoms with Gasteiger partial charge in [0.15, 0.2) is 0 Å². The molecular weight excluding hydrogens is 540 g/mol. The highest BCUT2D eigenvalue weighted by molar-refractivity contribution is 7.99. The average molecular weight is 565 g/mol. The lowest BCUT2D eigenvalue weighted by Crippen LogP contribution is -2.21. The van der Waals surface area contributed by atoms with Crippen LogP contribution in [0.15, 0.2) is 128 Å². The van der Waals surface area contributed by atoms with Crippen LogP contribution in [0.25, 0.3) is 11.4 Å². The van der Waals surface area contributed by atoms with E-state index in [9.17, 15) is 9.59 Å². The first-order valence-corrected chi connectivity index (χ1v) is 14.1. The molecule has 2 N–H and O–H groups in total. The summed E-state index contributed by atoms with van der Waals surface area (Å²) in [6.07, 6.45) is 0. The van der Waals surface area contributed by atoms with E-state index in [4.69, 9.17) is 9.47 Å². The fourth-order valence-corrected chi connectivity index (χ4v) is 6.19. The van der Waals surface area contributed by atoms with Crippen LogP contribution in [0.5, 0.6) is 11.5 Å². The van der Waals surface area contributed by atoms with Crippen LogP contribution in [-0.4, -0.2) is 26.0 Å². The Morgan fingerprint density at radius 1 is 0.475 bits per heavy atom. The first-order chi connectivity index (χ1) is 19.5. The van der Waals surface area contributed by atoms with E-state index >= 15 is 0 Å². The van der Waals surface area contributed by atoms with Gasteiger partial charge in [-0.2, -0.15) is 0 Å². The molecule has 2 heterocycles. The molecule has 8 heteroatoms. The summed E-state index contributed by atoms with van der Waals surface area (Å²) >= 11 is 3.25. The molecule has 0 radical (unpaired) electrons. The second kappa shape index (κ2) is 11.0. The van der Waals surface area contributed by atoms with Gasteiger partial charge in [0.2, 0.25) is 0 Å². The number of carbonyl (C=O) groups excluding carboxylic acids is 2. The van der Waals surface area contributed by atoms with Crippen LogP contribution in [0, 0.1) is 0 Å². The minimum absolute atomic E-state index is 0.285. The third kappa shape index (κ3) is 5.11. The smallest absolute Gasteiger partial charge is 0.258 e. The van der Waals surface area contributed by atoms with Crippen molar-refractivity contribution in [2.24, 2.45) is 0 Å². The van der Waals surface area contributed by atoms with Crippen LogP contribution in [-0.2, 0) is 9.59 Å². The monoisotopic (exact) mass is 564 g/mol. The number of methoxy groups -OCH3 is 2. The molecule has 0 spiro atoms. The Hall–Kier alpha value is -4.40. The van der Waals surface area contributed by atoms with Gasteiger partial charge in [-0.1, -0.05) is 47.8 Å². The highest BCUT2D eigenvalue weighted by atomic mass is 32.2. The van der Waals surface area contributed by atoms with E-state index in [1.54, 1.807) is 37.7 Å². The summed E-state index contributed by atoms with van der Waals surface area (Å²) in [7, 11) is 3.29. The van der Waals surface area contributed by atoms with E-state index in [0.717, 1.165) is 42.2 Å². The molecule has 2 aliphatic rings. The van der Waals surface area contributed by atoms with Crippen molar-refractivity contribution in [3.63, 3.8) is 0 Å². The van der Waals surface area contributed by atoms with Gasteiger partial charge in [-0.3, -0.25) is 9.59 Å². The molecule has 6 nitrogen and oxygen atoms in total. The average Bonchev–Trinajstić information content (AvgIpc) is 3.52. The Morgan fingerprint density at radius 2 is 0.775 bits per heavy atom. The number of hydrogen-bond donors (Lipinski definition) is 2. The van der Waals surface area contributed by atoms with Crippen molar-refractivity contribution in [1.29, 1.82) is 0 Å². The zero-order chi connectivity index (χ0) is 27.6. The molecule has 2 aliphatic heterocycles. The van der Waals surface area contributed by atoms with E-state index in [-0.39, 0.29) is 11.8 Å². The number of benzene rings is 4. The van der Waals surface area contributed by atoms with E-state index in [1.165, 1.54) is 0 Å². The molecule has 4 aromatic carbocycles. The summed E-state index contributed by atoms with van der Waals surface area (Å²) in [6.45, 7) is 0. The van der Waals surface area contributed by atoms with Crippen molar-refractivity contribution in [2.45, 2.75) is 19.6 Å². The standard InChI is InChI=1S/C32H24N2O4S2/c1-37-21-7-15-25(16-8-21)39-23-11-3-19(4-12-23)29-27-28(32(36)33-29)30(34-31(27)35)20-5-13-24(14-6-20)40-26-17-9-22(38-2)10-18-26/h3-18H,1-2H3,(H,33,36)(H,34,35). The summed E-state index contributed by atoms with van der Waals surface area (Å²) in [5, 5.41) is 5.85. The van der Waals surface area contributed by atoms with Crippen molar-refractivity contribution in [1.82, 2.24) is 10.6 Å². The summed E-state index contributed by atoms with van der Waals surface area (Å²) in [5.41, 5.74) is 3.37. The number of hydrogen-bond acceptors (Lipinski definition) is 6. The van der Waals surface area contributed by atoms with Gasteiger partial charge in [0, 0.05) is 19.6 Å². The van der Waals surface area contributed by atoms with Crippen molar-refractivity contribution >= 4 is 46.7 Å². The number of fused-ring (bicyclic) bond motifs is 1. The Balaban J connectivity index is 1.23. The fourth-order valence-electron chi connectivity index (χ4n) is 4.55. The van der Waals surface area contributed by atoms with Crippen LogP contribution in [0.1, 0.15) is 11.1 Å². The lowest BCUT2D eigenvalue weighted by atomic mass is 10.0. The molecule has 0 fully saturated rings. The Bertz CT molecular complexity index is 1530. The van der Waals surface area contributed by atoms with E-state index in [1.807, 2.05) is 97.1 Å². The third-order valence-electron chi connectivity index (χ3n) is 6.56. The lowest BCUT2D eigenvalue weighted by molar-refractivity contribution is -0.117. The summed E-state index contributed by atoms with van der Waals surface area (Å²) in [4.78, 5) is 30.4. The largest absolute Gasteiger partial charge is 0.497 e. The zero-order valence-corrected chi connectivity index (χ0v) is 23.3. The molecule has 0 aliphatic carbocycles. The fraction of sp³-hybridized carbons (Fsp3) is 0.0625. The molecule has 4 aromatic rings. The summed E-state index contributed by atoms with van der Waals surface area (Å²) < 4.78 is 10.4. The maximum Gasteiger partial charge on any atom is 0.258 e. The van der Waals surface area contributed by atoms with Gasteiger partial charge in [0.1, 0.15) is 11.5 Å². The molecule has 198 valence electrons. The maximum absolute atomic E-state index is 13.1. The predicted molar refractivity (Wildman–Crippen MR) is 157 cm³/mol. The van der Waals surface area contributed by atoms with Crippen molar-refractivity contribution in [3.8, 4) is 11.5 Å². The van der Waals surface area contributed by atoms with Crippen molar-refractivity contribution in [2.75, 3.05) is 14.2 Å². The first kappa shape index (κ1) is 25.9. The van der Waals surface area contributed by atoms with Gasteiger partial charge in [-0.15, -0.1) is 0 Å².